The molecule has 3 heterocycles. The van der Waals surface area contributed by atoms with Gasteiger partial charge in [0.2, 0.25) is 0 Å². The van der Waals surface area contributed by atoms with Gasteiger partial charge in [0, 0.05) is 50.4 Å². The van der Waals surface area contributed by atoms with Crippen molar-refractivity contribution >= 4 is 0 Å². The highest BCUT2D eigenvalue weighted by Crippen LogP contribution is 2.28. The van der Waals surface area contributed by atoms with E-state index in [1.54, 1.807) is 21.5 Å². The lowest BCUT2D eigenvalue weighted by atomic mass is 9.89. The van der Waals surface area contributed by atoms with Gasteiger partial charge in [-0.15, -0.1) is 5.10 Å². The van der Waals surface area contributed by atoms with Crippen molar-refractivity contribution < 1.29 is 9.84 Å². The molecule has 0 amide bonds. The van der Waals surface area contributed by atoms with E-state index in [4.69, 9.17) is 4.74 Å². The highest BCUT2D eigenvalue weighted by molar-refractivity contribution is 5.24. The Morgan fingerprint density at radius 1 is 1.17 bits per heavy atom. The first kappa shape index (κ1) is 20.3. The monoisotopic (exact) mass is 401 g/mol. The first-order valence-electron chi connectivity index (χ1n) is 10.6. The number of rotatable bonds is 5. The lowest BCUT2D eigenvalue weighted by Crippen LogP contribution is -2.48. The van der Waals surface area contributed by atoms with Crippen LogP contribution in [0.25, 0.3) is 5.82 Å². The molecule has 2 aliphatic rings. The Bertz CT molecular complexity index is 892. The zero-order valence-electron chi connectivity index (χ0n) is 17.3. The molecule has 8 heteroatoms. The molecule has 2 aromatic rings. The Labute approximate surface area is 170 Å². The molecule has 1 saturated heterocycles. The highest BCUT2D eigenvalue weighted by atomic mass is 16.5. The van der Waals surface area contributed by atoms with Gasteiger partial charge in [0.1, 0.15) is 0 Å². The zero-order chi connectivity index (χ0) is 20.4. The van der Waals surface area contributed by atoms with Gasteiger partial charge < -0.3 is 15.2 Å². The first-order valence-corrected chi connectivity index (χ1v) is 10.6. The Balaban J connectivity index is 1.39. The maximum Gasteiger partial charge on any atom is 0.267 e. The predicted molar refractivity (Wildman–Crippen MR) is 109 cm³/mol. The van der Waals surface area contributed by atoms with E-state index in [1.165, 1.54) is 0 Å². The third kappa shape index (κ3) is 4.60. The molecule has 1 aliphatic carbocycles. The number of hydrogen-bond donors (Lipinski definition) is 2. The van der Waals surface area contributed by atoms with Crippen LogP contribution in [0.4, 0.5) is 0 Å². The molecular formula is C21H31N5O3. The lowest BCUT2D eigenvalue weighted by molar-refractivity contribution is -0.0633. The van der Waals surface area contributed by atoms with Gasteiger partial charge in [-0.05, 0) is 51.7 Å². The highest BCUT2D eigenvalue weighted by Gasteiger charge is 2.31. The standard InChI is InChI=1S/C21H31N5O3/c1-15-13-16(2)25(23-15)19-7-8-20(27)26(24-19)18-5-3-17(4-6-18)22-14-21(28)9-11-29-12-10-21/h7-8,13,17-18,22,28H,3-6,9-12,14H2,1-2H3. The maximum absolute atomic E-state index is 12.5. The smallest absolute Gasteiger partial charge is 0.267 e. The van der Waals surface area contributed by atoms with Gasteiger partial charge in [-0.25, -0.2) is 9.36 Å². The second kappa shape index (κ2) is 8.38. The molecule has 0 aromatic carbocycles. The number of aromatic nitrogens is 4. The number of aliphatic hydroxyl groups is 1. The van der Waals surface area contributed by atoms with Crippen molar-refractivity contribution in [3.63, 3.8) is 0 Å². The second-order valence-corrected chi connectivity index (χ2v) is 8.54. The van der Waals surface area contributed by atoms with E-state index in [9.17, 15) is 9.90 Å². The van der Waals surface area contributed by atoms with Crippen LogP contribution < -0.4 is 10.9 Å². The van der Waals surface area contributed by atoms with Gasteiger partial charge in [-0.3, -0.25) is 4.79 Å². The van der Waals surface area contributed by atoms with Crippen molar-refractivity contribution in [1.82, 2.24) is 24.9 Å². The van der Waals surface area contributed by atoms with E-state index < -0.39 is 5.60 Å². The van der Waals surface area contributed by atoms with Crippen molar-refractivity contribution in [3.05, 3.63) is 39.9 Å². The molecule has 0 bridgehead atoms. The average molecular weight is 402 g/mol. The van der Waals surface area contributed by atoms with Crippen LogP contribution in [0.2, 0.25) is 0 Å². The van der Waals surface area contributed by atoms with Crippen LogP contribution in [0.1, 0.15) is 56.0 Å². The summed E-state index contributed by atoms with van der Waals surface area (Å²) in [6, 6.07) is 5.79. The summed E-state index contributed by atoms with van der Waals surface area (Å²) in [7, 11) is 0. The minimum Gasteiger partial charge on any atom is -0.388 e. The molecule has 158 valence electrons. The Morgan fingerprint density at radius 2 is 1.90 bits per heavy atom. The molecule has 0 atom stereocenters. The minimum atomic E-state index is -0.651. The van der Waals surface area contributed by atoms with E-state index in [-0.39, 0.29) is 11.6 Å². The summed E-state index contributed by atoms with van der Waals surface area (Å²) in [5, 5.41) is 23.3. The van der Waals surface area contributed by atoms with E-state index in [0.29, 0.717) is 44.5 Å². The van der Waals surface area contributed by atoms with Gasteiger partial charge in [0.05, 0.1) is 17.3 Å². The summed E-state index contributed by atoms with van der Waals surface area (Å²) in [4.78, 5) is 12.5. The van der Waals surface area contributed by atoms with Crippen molar-refractivity contribution in [2.24, 2.45) is 0 Å². The molecule has 0 spiro atoms. The van der Waals surface area contributed by atoms with Gasteiger partial charge in [0.25, 0.3) is 5.56 Å². The topological polar surface area (TPSA) is 94.2 Å². The van der Waals surface area contributed by atoms with Crippen molar-refractivity contribution in [2.75, 3.05) is 19.8 Å². The summed E-state index contributed by atoms with van der Waals surface area (Å²) in [6.45, 7) is 5.80. The van der Waals surface area contributed by atoms with Crippen LogP contribution in [-0.4, -0.2) is 56.1 Å². The number of hydrogen-bond acceptors (Lipinski definition) is 6. The molecule has 1 aliphatic heterocycles. The molecule has 8 nitrogen and oxygen atoms in total. The molecule has 29 heavy (non-hydrogen) atoms. The van der Waals surface area contributed by atoms with Gasteiger partial charge in [-0.2, -0.15) is 5.10 Å². The quantitative estimate of drug-likeness (QED) is 0.791. The summed E-state index contributed by atoms with van der Waals surface area (Å²) in [5.74, 6) is 0.678. The minimum absolute atomic E-state index is 0.0665. The Kier molecular flexibility index (Phi) is 5.85. The first-order chi connectivity index (χ1) is 13.9. The second-order valence-electron chi connectivity index (χ2n) is 8.54. The normalized spacial score (nSPS) is 24.5. The van der Waals surface area contributed by atoms with Gasteiger partial charge in [0.15, 0.2) is 5.82 Å². The summed E-state index contributed by atoms with van der Waals surface area (Å²) < 4.78 is 8.77. The van der Waals surface area contributed by atoms with Crippen molar-refractivity contribution in [3.8, 4) is 5.82 Å². The lowest BCUT2D eigenvalue weighted by Gasteiger charge is -2.35. The largest absolute Gasteiger partial charge is 0.388 e. The summed E-state index contributed by atoms with van der Waals surface area (Å²) in [6.07, 6.45) is 5.10. The number of aryl methyl sites for hydroxylation is 2. The summed E-state index contributed by atoms with van der Waals surface area (Å²) >= 11 is 0. The third-order valence-electron chi connectivity index (χ3n) is 6.22. The van der Waals surface area contributed by atoms with Crippen LogP contribution in [0.15, 0.2) is 23.0 Å². The number of ether oxygens (including phenoxy) is 1. The van der Waals surface area contributed by atoms with Crippen molar-refractivity contribution in [2.45, 2.75) is 70.1 Å². The SMILES string of the molecule is Cc1cc(C)n(-c2ccc(=O)n(C3CCC(NCC4(O)CCOCC4)CC3)n2)n1. The van der Waals surface area contributed by atoms with Crippen LogP contribution in [-0.2, 0) is 4.74 Å². The Hall–Kier alpha value is -2.03. The molecule has 1 saturated carbocycles. The Morgan fingerprint density at radius 3 is 2.55 bits per heavy atom. The van der Waals surface area contributed by atoms with Gasteiger partial charge >= 0.3 is 0 Å². The fourth-order valence-electron chi connectivity index (χ4n) is 4.44. The molecule has 2 fully saturated rings. The fraction of sp³-hybridized carbons (Fsp3) is 0.667. The van der Waals surface area contributed by atoms with E-state index in [2.05, 4.69) is 15.5 Å². The average Bonchev–Trinajstić information content (AvgIpc) is 3.06. The van der Waals surface area contributed by atoms with Crippen LogP contribution in [0, 0.1) is 13.8 Å². The van der Waals surface area contributed by atoms with Gasteiger partial charge in [-0.1, -0.05) is 0 Å². The molecule has 2 N–H and O–H groups in total. The third-order valence-corrected chi connectivity index (χ3v) is 6.22. The fourth-order valence-corrected chi connectivity index (χ4v) is 4.44. The molecule has 4 rings (SSSR count). The van der Waals surface area contributed by atoms with Crippen LogP contribution in [0.3, 0.4) is 0 Å². The molecule has 0 radical (unpaired) electrons. The molecule has 2 aromatic heterocycles. The van der Waals surface area contributed by atoms with Crippen molar-refractivity contribution in [1.29, 1.82) is 0 Å². The number of nitrogens with zero attached hydrogens (tertiary/aromatic N) is 4. The molecular weight excluding hydrogens is 370 g/mol. The van der Waals surface area contributed by atoms with Crippen LogP contribution >= 0.6 is 0 Å². The zero-order valence-corrected chi connectivity index (χ0v) is 17.3. The molecule has 0 unspecified atom stereocenters. The van der Waals surface area contributed by atoms with Crippen LogP contribution in [0.5, 0.6) is 0 Å². The van der Waals surface area contributed by atoms with E-state index in [1.807, 2.05) is 19.9 Å². The summed E-state index contributed by atoms with van der Waals surface area (Å²) in [5.41, 5.74) is 1.21. The maximum atomic E-state index is 12.5. The van der Waals surface area contributed by atoms with E-state index in [0.717, 1.165) is 37.1 Å². The number of nitrogens with one attached hydrogen (secondary N) is 1. The van der Waals surface area contributed by atoms with E-state index >= 15 is 0 Å². The predicted octanol–water partition coefficient (Wildman–Crippen LogP) is 1.66.